The molecule has 1 rings (SSSR count). The summed E-state index contributed by atoms with van der Waals surface area (Å²) in [5.41, 5.74) is 0. The number of rotatable bonds is 0. The monoisotopic (exact) mass is 308 g/mol. The molecule has 0 saturated carbocycles. The van der Waals surface area contributed by atoms with Crippen molar-refractivity contribution >= 4 is 0 Å². The molecule has 0 aliphatic carbocycles. The van der Waals surface area contributed by atoms with Gasteiger partial charge in [0.25, 0.3) is 0 Å². The molecule has 3 heteroatoms. The van der Waals surface area contributed by atoms with Crippen molar-refractivity contribution in [3.8, 4) is 0 Å². The molecule has 0 unspecified atom stereocenters. The predicted octanol–water partition coefficient (Wildman–Crippen LogP) is 2.52. The SMILES string of the molecule is [F][Os][F].c1ccccc1. The standard InChI is InChI=1S/C6H6.2FH.Os/c1-2-4-6-5-3-1;;;/h1-6H;2*1H;/q;;;+2/p-2. The molecule has 0 bridgehead atoms. The van der Waals surface area contributed by atoms with Gasteiger partial charge in [-0.15, -0.1) is 0 Å². The second-order valence-corrected chi connectivity index (χ2v) is 1.57. The van der Waals surface area contributed by atoms with Crippen LogP contribution in [0.1, 0.15) is 0 Å². The number of hydrogen-bond acceptors (Lipinski definition) is 0. The van der Waals surface area contributed by atoms with Crippen LogP contribution in [-0.4, -0.2) is 0 Å². The Bertz CT molecular complexity index is 93.9. The third-order valence-electron chi connectivity index (χ3n) is 0.667. The molecule has 0 fully saturated rings. The van der Waals surface area contributed by atoms with Gasteiger partial charge in [-0.25, -0.2) is 0 Å². The first-order valence-electron chi connectivity index (χ1n) is 2.27. The van der Waals surface area contributed by atoms with Crippen molar-refractivity contribution in [3.63, 3.8) is 0 Å². The summed E-state index contributed by atoms with van der Waals surface area (Å²) in [6.07, 6.45) is 0. The molecule has 1 aromatic carbocycles. The van der Waals surface area contributed by atoms with Gasteiger partial charge in [-0.1, -0.05) is 36.4 Å². The van der Waals surface area contributed by atoms with Gasteiger partial charge in [0, 0.05) is 0 Å². The Labute approximate surface area is 61.9 Å². The van der Waals surface area contributed by atoms with Crippen molar-refractivity contribution in [1.29, 1.82) is 0 Å². The summed E-state index contributed by atoms with van der Waals surface area (Å²) >= 11 is -2.58. The molecule has 0 aliphatic heterocycles. The Morgan fingerprint density at radius 2 is 0.778 bits per heavy atom. The Hall–Kier alpha value is -0.284. The molecule has 0 heterocycles. The van der Waals surface area contributed by atoms with Crippen LogP contribution in [0.2, 0.25) is 0 Å². The average Bonchev–Trinajstić information content (AvgIpc) is 1.93. The quantitative estimate of drug-likeness (QED) is 0.691. The van der Waals surface area contributed by atoms with Crippen LogP contribution in [0.15, 0.2) is 36.4 Å². The third-order valence-corrected chi connectivity index (χ3v) is 0.667. The van der Waals surface area contributed by atoms with Crippen molar-refractivity contribution in [2.24, 2.45) is 0 Å². The largest absolute Gasteiger partial charge is 0.0623 e. The smallest absolute Gasteiger partial charge is 0.0623 e. The first-order chi connectivity index (χ1) is 4.41. The molecule has 0 N–H and O–H groups in total. The molecule has 0 spiro atoms. The van der Waals surface area contributed by atoms with Gasteiger partial charge in [0.15, 0.2) is 0 Å². The molecule has 0 aliphatic rings. The van der Waals surface area contributed by atoms with Crippen molar-refractivity contribution in [3.05, 3.63) is 36.4 Å². The van der Waals surface area contributed by atoms with Gasteiger partial charge in [0.05, 0.1) is 0 Å². The van der Waals surface area contributed by atoms with Gasteiger partial charge in [-0.3, -0.25) is 0 Å². The van der Waals surface area contributed by atoms with Crippen molar-refractivity contribution < 1.29 is 25.0 Å². The summed E-state index contributed by atoms with van der Waals surface area (Å²) in [6.45, 7) is 0. The van der Waals surface area contributed by atoms with E-state index in [1.165, 1.54) is 0 Å². The number of hydrogen-bond donors (Lipinski definition) is 0. The minimum absolute atomic E-state index is 2.00. The van der Waals surface area contributed by atoms with Crippen LogP contribution in [0.5, 0.6) is 0 Å². The third kappa shape index (κ3) is 7.72. The summed E-state index contributed by atoms with van der Waals surface area (Å²) in [5, 5.41) is 0. The van der Waals surface area contributed by atoms with E-state index in [2.05, 4.69) is 0 Å². The molecule has 0 saturated heterocycles. The Morgan fingerprint density at radius 3 is 0.889 bits per heavy atom. The molecule has 0 radical (unpaired) electrons. The van der Waals surface area contributed by atoms with Crippen LogP contribution in [0.4, 0.5) is 6.57 Å². The summed E-state index contributed by atoms with van der Waals surface area (Å²) in [7, 11) is 0. The van der Waals surface area contributed by atoms with E-state index in [-0.39, 0.29) is 0 Å². The van der Waals surface area contributed by atoms with E-state index in [9.17, 15) is 6.57 Å². The Morgan fingerprint density at radius 1 is 0.667 bits per heavy atom. The molecule has 0 atom stereocenters. The minimum Gasteiger partial charge on any atom is -0.0623 e. The summed E-state index contributed by atoms with van der Waals surface area (Å²) < 4.78 is 19.5. The first-order valence-corrected chi connectivity index (χ1v) is 4.19. The van der Waals surface area contributed by atoms with E-state index in [1.54, 1.807) is 0 Å². The fourth-order valence-corrected chi connectivity index (χ4v) is 0.385. The molecule has 0 nitrogen and oxygen atoms in total. The zero-order chi connectivity index (χ0) is 6.95. The van der Waals surface area contributed by atoms with Gasteiger partial charge in [0.1, 0.15) is 0 Å². The first kappa shape index (κ1) is 8.72. The molecule has 52 valence electrons. The van der Waals surface area contributed by atoms with Gasteiger partial charge >= 0.3 is 25.0 Å². The topological polar surface area (TPSA) is 0 Å². The molecule has 1 aromatic rings. The molecule has 9 heavy (non-hydrogen) atoms. The maximum absolute atomic E-state index is 9.76. The summed E-state index contributed by atoms with van der Waals surface area (Å²) in [6, 6.07) is 12.0. The maximum Gasteiger partial charge on any atom is -0.0623 e. The van der Waals surface area contributed by atoms with E-state index >= 15 is 0 Å². The average molecular weight is 306 g/mol. The van der Waals surface area contributed by atoms with E-state index in [4.69, 9.17) is 0 Å². The Kier molecular flexibility index (Phi) is 7.47. The number of halogens is 2. The molecule has 0 aromatic heterocycles. The van der Waals surface area contributed by atoms with Crippen LogP contribution in [-0.2, 0) is 18.4 Å². The van der Waals surface area contributed by atoms with Crippen LogP contribution in [0.3, 0.4) is 0 Å². The summed E-state index contributed by atoms with van der Waals surface area (Å²) in [4.78, 5) is 0. The Balaban J connectivity index is 0.000000187. The van der Waals surface area contributed by atoms with Gasteiger partial charge in [-0.2, -0.15) is 0 Å². The van der Waals surface area contributed by atoms with Crippen molar-refractivity contribution in [2.45, 2.75) is 0 Å². The van der Waals surface area contributed by atoms with Crippen molar-refractivity contribution in [2.75, 3.05) is 0 Å². The van der Waals surface area contributed by atoms with Crippen LogP contribution < -0.4 is 0 Å². The maximum atomic E-state index is 9.76. The van der Waals surface area contributed by atoms with Crippen LogP contribution in [0, 0.1) is 0 Å². The molecular formula is C6H6F2Os. The predicted molar refractivity (Wildman–Crippen MR) is 28.7 cm³/mol. The van der Waals surface area contributed by atoms with E-state index < -0.39 is 18.4 Å². The van der Waals surface area contributed by atoms with Crippen LogP contribution >= 0.6 is 0 Å². The zero-order valence-electron chi connectivity index (χ0n) is 4.57. The fourth-order valence-electron chi connectivity index (χ4n) is 0.385. The second kappa shape index (κ2) is 7.72. The van der Waals surface area contributed by atoms with Gasteiger partial charge in [0.2, 0.25) is 0 Å². The van der Waals surface area contributed by atoms with Crippen molar-refractivity contribution in [1.82, 2.24) is 0 Å². The minimum atomic E-state index is -2.58. The fraction of sp³-hybridized carbons (Fsp3) is 0. The molecule has 0 amide bonds. The van der Waals surface area contributed by atoms with E-state index in [0.29, 0.717) is 0 Å². The van der Waals surface area contributed by atoms with Gasteiger partial charge in [-0.05, 0) is 0 Å². The normalized spacial score (nSPS) is 7.78. The van der Waals surface area contributed by atoms with Gasteiger partial charge < -0.3 is 0 Å². The van der Waals surface area contributed by atoms with Crippen LogP contribution in [0.25, 0.3) is 0 Å². The number of benzene rings is 1. The second-order valence-electron chi connectivity index (χ2n) is 1.21. The zero-order valence-corrected chi connectivity index (χ0v) is 7.11. The van der Waals surface area contributed by atoms with E-state index in [1.807, 2.05) is 36.4 Å². The van der Waals surface area contributed by atoms with E-state index in [0.717, 1.165) is 0 Å². The molecular weight excluding hydrogens is 300 g/mol. The summed E-state index contributed by atoms with van der Waals surface area (Å²) in [5.74, 6) is 0.